The molecule has 2 saturated heterocycles. The minimum atomic E-state index is -1.70. The molecule has 107 heavy (non-hydrogen) atoms. The van der Waals surface area contributed by atoms with Crippen molar-refractivity contribution in [3.63, 3.8) is 0 Å². The van der Waals surface area contributed by atoms with Crippen LogP contribution < -0.4 is 63.1 Å². The molecule has 29 nitrogen and oxygen atoms in total. The van der Waals surface area contributed by atoms with Crippen LogP contribution in [0.2, 0.25) is 0 Å². The molecule has 0 saturated carbocycles. The molecule has 7 aromatic rings. The van der Waals surface area contributed by atoms with E-state index in [0.717, 1.165) is 21.5 Å². The monoisotopic (exact) mass is 1470 g/mol. The van der Waals surface area contributed by atoms with Crippen LogP contribution in [0.25, 0.3) is 21.5 Å². The van der Waals surface area contributed by atoms with Gasteiger partial charge in [0, 0.05) is 44.8 Å². The second kappa shape index (κ2) is 33.8. The number of amides is 8. The topological polar surface area (TPSA) is 401 Å². The largest absolute Gasteiger partial charge is 0.487 e. The number of carboxylic acid groups (broad SMARTS) is 2. The van der Waals surface area contributed by atoms with Gasteiger partial charge in [-0.2, -0.15) is 0 Å². The van der Waals surface area contributed by atoms with E-state index in [4.69, 9.17) is 15.2 Å². The van der Waals surface area contributed by atoms with Gasteiger partial charge in [-0.1, -0.05) is 156 Å². The lowest BCUT2D eigenvalue weighted by molar-refractivity contribution is -0.145. The van der Waals surface area contributed by atoms with Crippen LogP contribution in [-0.4, -0.2) is 182 Å². The molecule has 6 aliphatic rings. The minimum Gasteiger partial charge on any atom is -0.487 e. The number of nitrogens with zero attached hydrogens (tertiary/aromatic N) is 5. The summed E-state index contributed by atoms with van der Waals surface area (Å²) in [7, 11) is 3.20. The number of ether oxygens (including phenoxy) is 2. The van der Waals surface area contributed by atoms with Crippen molar-refractivity contribution < 1.29 is 67.6 Å². The van der Waals surface area contributed by atoms with Gasteiger partial charge in [0.25, 0.3) is 0 Å². The van der Waals surface area contributed by atoms with Gasteiger partial charge in [-0.3, -0.25) is 38.4 Å². The highest BCUT2D eigenvalue weighted by atomic mass is 16.5. The Bertz CT molecular complexity index is 4480. The van der Waals surface area contributed by atoms with Gasteiger partial charge < -0.3 is 83.1 Å². The van der Waals surface area contributed by atoms with Crippen LogP contribution in [0.1, 0.15) is 108 Å². The average Bonchev–Trinajstić information content (AvgIpc) is 1.66. The molecule has 12 atom stereocenters. The lowest BCUT2D eigenvalue weighted by Crippen LogP contribution is -2.61. The summed E-state index contributed by atoms with van der Waals surface area (Å²) in [6.07, 6.45) is 2.35. The minimum absolute atomic E-state index is 0.0536. The molecule has 10 bridgehead atoms. The molecule has 7 heterocycles. The predicted molar refractivity (Wildman–Crippen MR) is 397 cm³/mol. The number of carbonyl (C=O) groups excluding carboxylic acids is 8. The van der Waals surface area contributed by atoms with Crippen molar-refractivity contribution >= 4 is 80.7 Å². The van der Waals surface area contributed by atoms with Gasteiger partial charge in [-0.15, -0.1) is 5.10 Å². The Morgan fingerprint density at radius 1 is 0.598 bits per heavy atom. The Labute approximate surface area is 619 Å². The molecule has 0 spiro atoms. The fourth-order valence-electron chi connectivity index (χ4n) is 13.3. The van der Waals surface area contributed by atoms with Crippen LogP contribution in [-0.2, 0) is 73.8 Å². The van der Waals surface area contributed by atoms with Crippen LogP contribution in [0.5, 0.6) is 11.5 Å². The fourth-order valence-corrected chi connectivity index (χ4v) is 13.3. The molecule has 2 fully saturated rings. The first kappa shape index (κ1) is 78.1. The van der Waals surface area contributed by atoms with Crippen LogP contribution in [0.4, 0.5) is 0 Å². The molecular weight excluding hydrogens is 1370 g/mol. The zero-order valence-corrected chi connectivity index (χ0v) is 61.5. The molecule has 0 radical (unpaired) electrons. The molecular formula is C78H95N15O14. The van der Waals surface area contributed by atoms with E-state index in [0.29, 0.717) is 28.1 Å². The number of hydrogen-bond acceptors (Lipinski definition) is 18. The number of hydrogen-bond donors (Lipinski definition) is 12. The molecule has 1 unspecified atom stereocenters. The Hall–Kier alpha value is -11.5. The Balaban J connectivity index is 1.00. The third-order valence-corrected chi connectivity index (χ3v) is 19.7. The molecule has 13 N–H and O–H groups in total. The predicted octanol–water partition coefficient (Wildman–Crippen LogP) is 3.80. The lowest BCUT2D eigenvalue weighted by atomic mass is 9.85. The molecule has 6 aromatic carbocycles. The Morgan fingerprint density at radius 2 is 1.09 bits per heavy atom. The van der Waals surface area contributed by atoms with Gasteiger partial charge >= 0.3 is 11.9 Å². The van der Waals surface area contributed by atoms with E-state index in [2.05, 4.69) is 58.2 Å². The Morgan fingerprint density at radius 3 is 1.60 bits per heavy atom. The van der Waals surface area contributed by atoms with Crippen molar-refractivity contribution in [1.29, 1.82) is 0 Å². The maximum absolute atomic E-state index is 15.3. The molecule has 8 amide bonds. The number of likely N-dealkylation sites (N-methyl/N-ethyl adjacent to an activating group) is 2. The van der Waals surface area contributed by atoms with Crippen LogP contribution in [0, 0.1) is 10.8 Å². The van der Waals surface area contributed by atoms with Gasteiger partial charge in [-0.05, 0) is 113 Å². The number of fused-ring (bicyclic) bond motifs is 2. The van der Waals surface area contributed by atoms with Crippen molar-refractivity contribution in [3.8, 4) is 11.5 Å². The van der Waals surface area contributed by atoms with E-state index >= 15 is 19.2 Å². The summed E-state index contributed by atoms with van der Waals surface area (Å²) in [5.74, 6) is -7.94. The smallest absolute Gasteiger partial charge is 0.330 e. The number of aliphatic carboxylic acids is 2. The summed E-state index contributed by atoms with van der Waals surface area (Å²) in [5, 5.41) is 59.6. The van der Waals surface area contributed by atoms with Crippen LogP contribution in [0.3, 0.4) is 0 Å². The first-order valence-electron chi connectivity index (χ1n) is 35.6. The molecule has 1 aromatic heterocycles. The molecule has 13 rings (SSSR count). The first-order chi connectivity index (χ1) is 50.8. The summed E-state index contributed by atoms with van der Waals surface area (Å²) in [6.45, 7) is 13.5. The van der Waals surface area contributed by atoms with Gasteiger partial charge in [-0.25, -0.2) is 14.3 Å². The number of carbonyl (C=O) groups is 10. The van der Waals surface area contributed by atoms with E-state index in [1.165, 1.54) is 44.9 Å². The number of carboxylic acids is 2. The summed E-state index contributed by atoms with van der Waals surface area (Å²) < 4.78 is 13.7. The number of aromatic nitrogens is 3. The van der Waals surface area contributed by atoms with Crippen molar-refractivity contribution in [2.24, 2.45) is 16.6 Å². The number of nitrogens with two attached hydrogens (primary N) is 1. The number of rotatable bonds is 14. The van der Waals surface area contributed by atoms with Crippen molar-refractivity contribution in [1.82, 2.24) is 72.6 Å². The number of likely N-dealkylation sites (tertiary alicyclic amines) is 2. The van der Waals surface area contributed by atoms with Crippen LogP contribution >= 0.6 is 0 Å². The van der Waals surface area contributed by atoms with Gasteiger partial charge in [0.05, 0.1) is 30.5 Å². The molecule has 566 valence electrons. The highest BCUT2D eigenvalue weighted by Crippen LogP contribution is 2.33. The van der Waals surface area contributed by atoms with Crippen molar-refractivity contribution in [2.75, 3.05) is 27.2 Å². The van der Waals surface area contributed by atoms with E-state index in [1.54, 1.807) is 112 Å². The third kappa shape index (κ3) is 19.5. The van der Waals surface area contributed by atoms with Gasteiger partial charge in [0.1, 0.15) is 66.1 Å². The summed E-state index contributed by atoms with van der Waals surface area (Å²) in [5.41, 5.74) is 6.85. The quantitative estimate of drug-likeness (QED) is 0.0736. The van der Waals surface area contributed by atoms with E-state index < -0.39 is 143 Å². The Kier molecular flexibility index (Phi) is 24.7. The molecule has 6 aliphatic heterocycles. The highest BCUT2D eigenvalue weighted by molar-refractivity contribution is 5.98. The van der Waals surface area contributed by atoms with E-state index in [1.807, 2.05) is 72.8 Å². The second-order valence-corrected chi connectivity index (χ2v) is 29.8. The number of nitrogens with one attached hydrogen (secondary N) is 9. The summed E-state index contributed by atoms with van der Waals surface area (Å²) >= 11 is 0. The average molecular weight is 1470 g/mol. The normalized spacial score (nSPS) is 22.4. The first-order valence-corrected chi connectivity index (χ1v) is 35.6. The van der Waals surface area contributed by atoms with Gasteiger partial charge in [0.2, 0.25) is 53.1 Å². The maximum atomic E-state index is 15.3. The number of benzene rings is 6. The van der Waals surface area contributed by atoms with Crippen LogP contribution in [0.15, 0.2) is 152 Å². The standard InChI is InChI=1S/C78H95N15O14/c1-43(80-9)67(94)87-65(77(3,4)5)73(100)91-39-53-36-61(91)71(98)83-58(34-46-19-23-48-15-11-13-17-51(48)31-46)69(96)85-60(75(102)103)33-45-21-27-56(28-22-45)106-42-54-40-93(90-89-54)55-37-62(92(41-55)74(101)66(78(6,7)8)88-68(95)44(2)81-10)72(99)84-59(35-47-20-24-49-16-12-14-18-52(49)32-47)70(97)86-64(76(104)105)50-25-29-57(30-26-50)107-63(79)38-82-53/h11-32,38,40,43-44,53,55,58-62,64-66,80-82H,33-37,39,41-42,79H2,1-10H3,(H,83,98)(H,84,99)(H,85,96)(H,86,97)(H,87,94)(H,88,95)(H,102,103)(H,104,105)/b63-38+/t43-,44-,53-,55-,58?,59-,60-,61-,62-,64-,65+,66+/m0/s1. The SMILES string of the molecule is CN[C@@H](C)C(=O)N[C@H](C(=O)N1C[C@@H]2C[C@H]1C(=O)NC(Cc1ccc3ccccc3c1)C(=O)N[C@H](C(=O)O)Cc1ccc(cc1)OCc1cn(nn1)[C@H]1C[C@@H](C(=O)N[C@@H](Cc3ccc4ccccc4c3)C(=O)N[C@H](C(=O)O)c3ccc(cc3)O/C(N)=C/N2)N(C(=O)[C@@H](NC(=O)[C@H](C)NC)C(C)(C)C)C1)C(C)(C)C. The lowest BCUT2D eigenvalue weighted by Gasteiger charge is -2.36. The fraction of sp³-hybridized carbons (Fsp3) is 0.410. The maximum Gasteiger partial charge on any atom is 0.330 e. The molecule has 29 heteroatoms. The zero-order valence-electron chi connectivity index (χ0n) is 61.5. The zero-order chi connectivity index (χ0) is 77.2. The summed E-state index contributed by atoms with van der Waals surface area (Å²) in [6, 6.07) is 24.5. The highest BCUT2D eigenvalue weighted by Gasteiger charge is 2.49. The van der Waals surface area contributed by atoms with E-state index in [9.17, 15) is 39.0 Å². The van der Waals surface area contributed by atoms with E-state index in [-0.39, 0.29) is 69.0 Å². The molecule has 0 aliphatic carbocycles. The summed E-state index contributed by atoms with van der Waals surface area (Å²) in [4.78, 5) is 147. The third-order valence-electron chi connectivity index (χ3n) is 19.7. The van der Waals surface area contributed by atoms with Crippen molar-refractivity contribution in [2.45, 2.75) is 167 Å². The van der Waals surface area contributed by atoms with Crippen molar-refractivity contribution in [3.05, 3.63) is 180 Å². The second-order valence-electron chi connectivity index (χ2n) is 29.8. The van der Waals surface area contributed by atoms with Gasteiger partial charge in [0.15, 0.2) is 6.04 Å².